The molecule has 1 aliphatic heterocycles. The number of nitrogens with one attached hydrogen (secondary N) is 1. The highest BCUT2D eigenvalue weighted by molar-refractivity contribution is 6.03. The van der Waals surface area contributed by atoms with E-state index in [9.17, 15) is 34.3 Å². The highest BCUT2D eigenvalue weighted by atomic mass is 19.1. The summed E-state index contributed by atoms with van der Waals surface area (Å²) in [6, 6.07) is 15.2. The minimum absolute atomic E-state index is 0.00357. The maximum absolute atomic E-state index is 14.9. The number of allylic oxidation sites excluding steroid dienone is 1. The lowest BCUT2D eigenvalue weighted by Gasteiger charge is -2.59. The van der Waals surface area contributed by atoms with Crippen molar-refractivity contribution < 1.29 is 52.9 Å². The number of fused-ring (bicyclic) bond motifs is 2. The van der Waals surface area contributed by atoms with Gasteiger partial charge in [0.25, 0.3) is 5.69 Å². The first-order valence-corrected chi connectivity index (χ1v) is 25.6. The number of carbonyl (C=O) groups is 2. The van der Waals surface area contributed by atoms with Crippen LogP contribution in [0.1, 0.15) is 133 Å². The lowest BCUT2D eigenvalue weighted by Crippen LogP contribution is -2.70. The van der Waals surface area contributed by atoms with Gasteiger partial charge in [-0.2, -0.15) is 0 Å². The third-order valence-corrected chi connectivity index (χ3v) is 14.0. The lowest BCUT2D eigenvalue weighted by atomic mass is 9.55. The van der Waals surface area contributed by atoms with Gasteiger partial charge in [-0.05, 0) is 97.5 Å². The molecule has 0 radical (unpaired) electrons. The highest BCUT2D eigenvalue weighted by Gasteiger charge is 2.65. The Hall–Kier alpha value is -5.84. The third kappa shape index (κ3) is 14.4. The third-order valence-electron chi connectivity index (χ3n) is 14.0. The zero-order valence-corrected chi connectivity index (χ0v) is 41.4. The number of halogens is 1. The number of carbonyl (C=O) groups excluding carboxylic acids is 2. The predicted octanol–water partition coefficient (Wildman–Crippen LogP) is 11.7. The summed E-state index contributed by atoms with van der Waals surface area (Å²) in [5.41, 5.74) is 2.46. The van der Waals surface area contributed by atoms with Crippen molar-refractivity contribution in [2.45, 2.75) is 140 Å². The van der Waals surface area contributed by atoms with Crippen molar-refractivity contribution in [3.05, 3.63) is 118 Å². The van der Waals surface area contributed by atoms with Crippen LogP contribution in [-0.4, -0.2) is 83.2 Å². The molecule has 0 bridgehead atoms. The number of nitro groups is 1. The van der Waals surface area contributed by atoms with E-state index in [1.807, 2.05) is 6.07 Å². The fourth-order valence-corrected chi connectivity index (χ4v) is 10.7. The van der Waals surface area contributed by atoms with Gasteiger partial charge in [0.2, 0.25) is 5.79 Å². The molecule has 15 nitrogen and oxygen atoms in total. The number of benzene rings is 3. The fourth-order valence-electron chi connectivity index (χ4n) is 10.7. The minimum atomic E-state index is -1.67. The van der Waals surface area contributed by atoms with E-state index >= 15 is 0 Å². The molecule has 0 saturated heterocycles. The molecule has 1 heterocycles. The Kier molecular flexibility index (Phi) is 21.2. The van der Waals surface area contributed by atoms with Gasteiger partial charge in [0, 0.05) is 56.3 Å². The molecule has 1 saturated carbocycles. The Labute approximate surface area is 417 Å². The number of non-ortho nitro benzene ring substituents is 1. The van der Waals surface area contributed by atoms with Crippen LogP contribution >= 0.6 is 0 Å². The highest BCUT2D eigenvalue weighted by Crippen LogP contribution is 2.62. The molecule has 16 heteroatoms. The van der Waals surface area contributed by atoms with Crippen LogP contribution in [0.15, 0.2) is 96.2 Å². The fraction of sp³-hybridized carbons (Fsp3) is 0.545. The number of nitrogens with zero attached hydrogens (tertiary/aromatic N) is 3. The Balaban J connectivity index is 1.41. The number of aliphatic hydroxyl groups excluding tert-OH is 2. The summed E-state index contributed by atoms with van der Waals surface area (Å²) < 4.78 is 40.6. The number of oxime groups is 1. The Morgan fingerprint density at radius 3 is 2.21 bits per heavy atom. The Morgan fingerprint density at radius 1 is 0.901 bits per heavy atom. The van der Waals surface area contributed by atoms with Gasteiger partial charge in [-0.3, -0.25) is 15.0 Å². The van der Waals surface area contributed by atoms with Crippen LogP contribution in [0.4, 0.5) is 19.7 Å². The van der Waals surface area contributed by atoms with Crippen molar-refractivity contribution in [3.8, 4) is 17.2 Å². The Bertz CT molecular complexity index is 2260. The minimum Gasteiger partial charge on any atom is -0.459 e. The van der Waals surface area contributed by atoms with E-state index in [1.165, 1.54) is 93.4 Å². The number of unbranched alkanes of at least 4 members (excludes halogenated alkanes) is 11. The van der Waals surface area contributed by atoms with Gasteiger partial charge in [-0.25, -0.2) is 14.0 Å². The topological polar surface area (TPSA) is 192 Å². The predicted molar refractivity (Wildman–Crippen MR) is 269 cm³/mol. The molecule has 3 aromatic rings. The van der Waals surface area contributed by atoms with Gasteiger partial charge in [0.1, 0.15) is 36.2 Å². The first kappa shape index (κ1) is 54.5. The van der Waals surface area contributed by atoms with Gasteiger partial charge in [-0.1, -0.05) is 107 Å². The molecular formula is C55H73FN4O11. The summed E-state index contributed by atoms with van der Waals surface area (Å²) in [7, 11) is 1.45. The van der Waals surface area contributed by atoms with Crippen molar-refractivity contribution in [1.82, 2.24) is 10.2 Å². The zero-order chi connectivity index (χ0) is 50.6. The monoisotopic (exact) mass is 985 g/mol. The van der Waals surface area contributed by atoms with Gasteiger partial charge < -0.3 is 39.3 Å². The zero-order valence-electron chi connectivity index (χ0n) is 41.4. The average Bonchev–Trinajstić information content (AvgIpc) is 3.36. The normalized spacial score (nSPS) is 21.5. The van der Waals surface area contributed by atoms with Crippen molar-refractivity contribution >= 4 is 23.6 Å². The maximum Gasteiger partial charge on any atom is 0.416 e. The molecule has 3 N–H and O–H groups in total. The molecular weight excluding hydrogens is 912 g/mol. The van der Waals surface area contributed by atoms with E-state index in [4.69, 9.17) is 23.8 Å². The number of nitro benzene ring substituents is 1. The van der Waals surface area contributed by atoms with Gasteiger partial charge in [0.05, 0.1) is 23.2 Å². The smallest absolute Gasteiger partial charge is 0.416 e. The standard InChI is InChI=1S/C55H73FN4O11/c1-4-6-7-8-9-10-11-12-13-16-31-57-53(63)69-44-29-30-49-47(36-44)51-45(20-15-18-33-62)40(19-14-17-32-61)35-46-48(58-67-3)37-50(55(71-49,52(46)51)68-34-5-2)59(38-39-21-23-41(56)24-22-39)54(64)70-43-27-25-42(26-28-43)60(65)66/h5,21-30,35-36,40,45,50-52,61-62H,2,4,6-20,31-34,37-38H2,1,3H3,(H,57,63)/t40-,45+,50-,51+,52+,55+/m0/s1. The first-order valence-electron chi connectivity index (χ1n) is 25.6. The Morgan fingerprint density at radius 2 is 1.56 bits per heavy atom. The molecule has 6 atom stereocenters. The molecule has 6 rings (SSSR count). The van der Waals surface area contributed by atoms with Crippen LogP contribution in [-0.2, 0) is 16.1 Å². The van der Waals surface area contributed by atoms with E-state index in [1.54, 1.807) is 30.3 Å². The van der Waals surface area contributed by atoms with E-state index in [0.29, 0.717) is 55.0 Å². The van der Waals surface area contributed by atoms with Crippen LogP contribution < -0.4 is 19.5 Å². The van der Waals surface area contributed by atoms with E-state index in [0.717, 1.165) is 43.2 Å². The second kappa shape index (κ2) is 27.7. The van der Waals surface area contributed by atoms with Crippen molar-refractivity contribution in [2.75, 3.05) is 33.5 Å². The summed E-state index contributed by atoms with van der Waals surface area (Å²) >= 11 is 0. The van der Waals surface area contributed by atoms with E-state index in [2.05, 4.69) is 30.1 Å². The summed E-state index contributed by atoms with van der Waals surface area (Å²) in [5, 5.41) is 38.9. The van der Waals surface area contributed by atoms with Gasteiger partial charge >= 0.3 is 12.2 Å². The van der Waals surface area contributed by atoms with Crippen LogP contribution in [0.25, 0.3) is 0 Å². The molecule has 2 amide bonds. The quantitative estimate of drug-likeness (QED) is 0.0259. The number of aliphatic hydroxyl groups is 2. The average molecular weight is 985 g/mol. The summed E-state index contributed by atoms with van der Waals surface area (Å²) in [5.74, 6) is -2.57. The number of rotatable bonds is 29. The molecule has 0 unspecified atom stereocenters. The number of amides is 2. The molecule has 0 aromatic heterocycles. The van der Waals surface area contributed by atoms with Gasteiger partial charge in [-0.15, -0.1) is 6.58 Å². The second-order valence-corrected chi connectivity index (χ2v) is 18.8. The molecule has 0 spiro atoms. The first-order chi connectivity index (χ1) is 34.6. The van der Waals surface area contributed by atoms with E-state index in [-0.39, 0.29) is 56.1 Å². The molecule has 71 heavy (non-hydrogen) atoms. The van der Waals surface area contributed by atoms with Crippen molar-refractivity contribution in [2.24, 2.45) is 22.9 Å². The molecule has 3 aromatic carbocycles. The van der Waals surface area contributed by atoms with Crippen LogP contribution in [0.3, 0.4) is 0 Å². The summed E-state index contributed by atoms with van der Waals surface area (Å²) in [4.78, 5) is 46.2. The van der Waals surface area contributed by atoms with Crippen molar-refractivity contribution in [1.29, 1.82) is 0 Å². The van der Waals surface area contributed by atoms with E-state index < -0.39 is 46.6 Å². The molecule has 386 valence electrons. The van der Waals surface area contributed by atoms with Crippen LogP contribution in [0, 0.1) is 33.7 Å². The SMILES string of the molecule is C=CCO[C@@]12Oc3ccc(OC(=O)NCCCCCCCCCCCC)cc3[C@H]3[C@H](CCCCO)[C@@H](CCCCO)C=C(C(=NOC)C[C@@H]1N(Cc1ccc(F)cc1)C(=O)Oc1ccc([N+](=O)[O-])cc1)[C@H]32. The van der Waals surface area contributed by atoms with Gasteiger partial charge in [0.15, 0.2) is 0 Å². The molecule has 3 aliphatic rings. The van der Waals surface area contributed by atoms with Crippen LogP contribution in [0.2, 0.25) is 0 Å². The number of hydrogen-bond donors (Lipinski definition) is 3. The second-order valence-electron chi connectivity index (χ2n) is 18.8. The maximum atomic E-state index is 14.9. The largest absolute Gasteiger partial charge is 0.459 e. The lowest BCUT2D eigenvalue weighted by molar-refractivity contribution is -0.384. The van der Waals surface area contributed by atoms with Crippen molar-refractivity contribution in [3.63, 3.8) is 0 Å². The number of ether oxygens (including phenoxy) is 4. The summed E-state index contributed by atoms with van der Waals surface area (Å²) in [6.07, 6.45) is 18.3. The molecule has 2 aliphatic carbocycles. The summed E-state index contributed by atoms with van der Waals surface area (Å²) in [6.45, 7) is 6.64. The van der Waals surface area contributed by atoms with Crippen LogP contribution in [0.5, 0.6) is 17.2 Å². The molecule has 1 fully saturated rings. The number of hydrogen-bond acceptors (Lipinski definition) is 12.